The average molecular weight is 427 g/mol. The molecule has 158 valence electrons. The second-order valence-electron chi connectivity index (χ2n) is 6.35. The molecule has 0 spiro atoms. The number of nitrogens with zero attached hydrogens (tertiary/aromatic N) is 2. The number of hydrogen-bond acceptors (Lipinski definition) is 2. The van der Waals surface area contributed by atoms with E-state index in [2.05, 4.69) is 10.4 Å². The fourth-order valence-electron chi connectivity index (χ4n) is 2.84. The monoisotopic (exact) mass is 427 g/mol. The Bertz CT molecular complexity index is 1010. The van der Waals surface area contributed by atoms with Gasteiger partial charge in [-0.25, -0.2) is 4.68 Å². The summed E-state index contributed by atoms with van der Waals surface area (Å²) in [6.45, 7) is 0.103. The third-order valence-electron chi connectivity index (χ3n) is 4.26. The molecule has 1 aromatic heterocycles. The summed E-state index contributed by atoms with van der Waals surface area (Å²) in [7, 11) is 0. The summed E-state index contributed by atoms with van der Waals surface area (Å²) in [4.78, 5) is 12.3. The topological polar surface area (TPSA) is 46.9 Å². The van der Waals surface area contributed by atoms with Crippen molar-refractivity contribution in [3.05, 3.63) is 83.2 Å². The molecular weight excluding hydrogens is 412 g/mol. The largest absolute Gasteiger partial charge is 0.434 e. The van der Waals surface area contributed by atoms with E-state index in [9.17, 15) is 31.1 Å². The highest BCUT2D eigenvalue weighted by Crippen LogP contribution is 2.35. The number of rotatable bonds is 5. The molecule has 1 N–H and O–H groups in total. The molecule has 0 saturated carbocycles. The van der Waals surface area contributed by atoms with Gasteiger partial charge in [0.25, 0.3) is 5.91 Å². The van der Waals surface area contributed by atoms with Crippen molar-refractivity contribution < 1.29 is 31.1 Å². The van der Waals surface area contributed by atoms with Gasteiger partial charge in [-0.3, -0.25) is 4.79 Å². The first-order chi connectivity index (χ1) is 14.1. The van der Waals surface area contributed by atoms with Crippen LogP contribution in [0.4, 0.5) is 26.3 Å². The van der Waals surface area contributed by atoms with Crippen LogP contribution in [0, 0.1) is 0 Å². The molecule has 10 heteroatoms. The summed E-state index contributed by atoms with van der Waals surface area (Å²) in [5, 5.41) is 6.00. The molecule has 0 atom stereocenters. The molecule has 3 aromatic rings. The molecule has 0 fully saturated rings. The van der Waals surface area contributed by atoms with Crippen LogP contribution in [0.3, 0.4) is 0 Å². The molecule has 0 bridgehead atoms. The maximum absolute atomic E-state index is 13.6. The van der Waals surface area contributed by atoms with Crippen LogP contribution in [0.1, 0.15) is 27.2 Å². The number of nitrogens with one attached hydrogen (secondary N) is 1. The van der Waals surface area contributed by atoms with Crippen molar-refractivity contribution in [3.8, 4) is 5.69 Å². The zero-order valence-electron chi connectivity index (χ0n) is 15.3. The first-order valence-electron chi connectivity index (χ1n) is 8.72. The van der Waals surface area contributed by atoms with Gasteiger partial charge in [-0.15, -0.1) is 0 Å². The van der Waals surface area contributed by atoms with Crippen molar-refractivity contribution in [2.45, 2.75) is 18.8 Å². The Morgan fingerprint density at radius 1 is 0.900 bits per heavy atom. The minimum Gasteiger partial charge on any atom is -0.352 e. The number of hydrogen-bond donors (Lipinski definition) is 1. The van der Waals surface area contributed by atoms with Gasteiger partial charge in [0.15, 0.2) is 5.69 Å². The minimum absolute atomic E-state index is 0.103. The summed E-state index contributed by atoms with van der Waals surface area (Å²) >= 11 is 0. The van der Waals surface area contributed by atoms with E-state index in [1.807, 2.05) is 18.2 Å². The van der Waals surface area contributed by atoms with Gasteiger partial charge in [0.05, 0.1) is 23.0 Å². The minimum atomic E-state index is -4.95. The van der Waals surface area contributed by atoms with Crippen LogP contribution in [0.25, 0.3) is 5.69 Å². The van der Waals surface area contributed by atoms with Crippen molar-refractivity contribution in [3.63, 3.8) is 0 Å². The number of halogens is 6. The number of benzene rings is 2. The highest BCUT2D eigenvalue weighted by Gasteiger charge is 2.40. The second-order valence-corrected chi connectivity index (χ2v) is 6.35. The summed E-state index contributed by atoms with van der Waals surface area (Å²) in [5.74, 6) is -0.976. The zero-order chi connectivity index (χ0) is 21.9. The maximum Gasteiger partial charge on any atom is 0.434 e. The third-order valence-corrected chi connectivity index (χ3v) is 4.26. The van der Waals surface area contributed by atoms with Gasteiger partial charge in [0, 0.05) is 6.54 Å². The Kier molecular flexibility index (Phi) is 5.86. The van der Waals surface area contributed by atoms with Crippen molar-refractivity contribution in [1.82, 2.24) is 15.1 Å². The predicted octanol–water partition coefficient (Wildman–Crippen LogP) is 4.88. The van der Waals surface area contributed by atoms with E-state index in [4.69, 9.17) is 0 Å². The molecule has 0 saturated heterocycles. The van der Waals surface area contributed by atoms with Gasteiger partial charge < -0.3 is 5.32 Å². The first kappa shape index (κ1) is 21.4. The number of carbonyl (C=O) groups excluding carboxylic acids is 1. The van der Waals surface area contributed by atoms with Crippen molar-refractivity contribution >= 4 is 5.91 Å². The van der Waals surface area contributed by atoms with Crippen LogP contribution >= 0.6 is 0 Å². The molecule has 1 heterocycles. The van der Waals surface area contributed by atoms with Gasteiger partial charge in [-0.05, 0) is 36.2 Å². The molecule has 0 unspecified atom stereocenters. The quantitative estimate of drug-likeness (QED) is 0.590. The second kappa shape index (κ2) is 8.21. The molecule has 1 amide bonds. The van der Waals surface area contributed by atoms with Crippen LogP contribution in [0.2, 0.25) is 0 Å². The van der Waals surface area contributed by atoms with Crippen LogP contribution in [-0.2, 0) is 18.8 Å². The van der Waals surface area contributed by atoms with E-state index in [0.717, 1.165) is 23.9 Å². The number of aromatic nitrogens is 2. The predicted molar refractivity (Wildman–Crippen MR) is 96.0 cm³/mol. The van der Waals surface area contributed by atoms with Gasteiger partial charge in [-0.1, -0.05) is 30.3 Å². The molecular formula is C20H15F6N3O. The summed E-state index contributed by atoms with van der Waals surface area (Å²) in [6, 6.07) is 12.1. The van der Waals surface area contributed by atoms with Crippen LogP contribution < -0.4 is 5.32 Å². The summed E-state index contributed by atoms with van der Waals surface area (Å²) < 4.78 is 79.3. The summed E-state index contributed by atoms with van der Waals surface area (Å²) in [6.07, 6.45) is -8.41. The standard InChI is InChI=1S/C20H15F6N3O/c21-19(22,23)14-6-8-15(9-7-14)29-17(20(24,25)26)16(12-28-29)18(30)27-11-10-13-4-2-1-3-5-13/h1-9,12H,10-11H2,(H,27,30). The lowest BCUT2D eigenvalue weighted by molar-refractivity contribution is -0.143. The summed E-state index contributed by atoms with van der Waals surface area (Å²) in [5.41, 5.74) is -2.44. The Labute approximate surface area is 167 Å². The SMILES string of the molecule is O=C(NCCc1ccccc1)c1cnn(-c2ccc(C(F)(F)F)cc2)c1C(F)(F)F. The molecule has 0 aliphatic carbocycles. The zero-order valence-corrected chi connectivity index (χ0v) is 15.3. The maximum atomic E-state index is 13.6. The highest BCUT2D eigenvalue weighted by molar-refractivity contribution is 5.95. The lowest BCUT2D eigenvalue weighted by Gasteiger charge is -2.14. The lowest BCUT2D eigenvalue weighted by atomic mass is 10.1. The average Bonchev–Trinajstić information content (AvgIpc) is 3.14. The molecule has 0 aliphatic heterocycles. The molecule has 0 aliphatic rings. The van der Waals surface area contributed by atoms with E-state index in [1.54, 1.807) is 12.1 Å². The Balaban J connectivity index is 1.84. The number of carbonyl (C=O) groups is 1. The molecule has 2 aromatic carbocycles. The van der Waals surface area contributed by atoms with Gasteiger partial charge in [0.1, 0.15) is 0 Å². The van der Waals surface area contributed by atoms with Crippen molar-refractivity contribution in [2.24, 2.45) is 0 Å². The molecule has 3 rings (SSSR count). The highest BCUT2D eigenvalue weighted by atomic mass is 19.4. The van der Waals surface area contributed by atoms with Crippen molar-refractivity contribution in [1.29, 1.82) is 0 Å². The fourth-order valence-corrected chi connectivity index (χ4v) is 2.84. The van der Waals surface area contributed by atoms with E-state index in [1.165, 1.54) is 0 Å². The Hall–Kier alpha value is -3.30. The van der Waals surface area contributed by atoms with Gasteiger partial charge in [0.2, 0.25) is 0 Å². The Morgan fingerprint density at radius 2 is 1.53 bits per heavy atom. The van der Waals surface area contributed by atoms with Crippen LogP contribution in [-0.4, -0.2) is 22.2 Å². The van der Waals surface area contributed by atoms with Crippen molar-refractivity contribution in [2.75, 3.05) is 6.54 Å². The molecule has 30 heavy (non-hydrogen) atoms. The first-order valence-corrected chi connectivity index (χ1v) is 8.72. The smallest absolute Gasteiger partial charge is 0.352 e. The van der Waals surface area contributed by atoms with E-state index in [0.29, 0.717) is 23.2 Å². The third kappa shape index (κ3) is 4.81. The lowest BCUT2D eigenvalue weighted by Crippen LogP contribution is -2.28. The number of alkyl halides is 6. The normalized spacial score (nSPS) is 12.1. The Morgan fingerprint density at radius 3 is 2.10 bits per heavy atom. The number of amides is 1. The van der Waals surface area contributed by atoms with Crippen LogP contribution in [0.15, 0.2) is 60.8 Å². The van der Waals surface area contributed by atoms with E-state index in [-0.39, 0.29) is 12.2 Å². The fraction of sp³-hybridized carbons (Fsp3) is 0.200. The molecule has 0 radical (unpaired) electrons. The van der Waals surface area contributed by atoms with Crippen LogP contribution in [0.5, 0.6) is 0 Å². The van der Waals surface area contributed by atoms with E-state index < -0.39 is 35.1 Å². The van der Waals surface area contributed by atoms with Gasteiger partial charge in [-0.2, -0.15) is 31.4 Å². The van der Waals surface area contributed by atoms with Gasteiger partial charge >= 0.3 is 12.4 Å². The molecule has 4 nitrogen and oxygen atoms in total. The van der Waals surface area contributed by atoms with E-state index >= 15 is 0 Å².